The van der Waals surface area contributed by atoms with Gasteiger partial charge in [-0.1, -0.05) is 12.1 Å². The molecule has 0 amide bonds. The van der Waals surface area contributed by atoms with Crippen molar-refractivity contribution in [3.8, 4) is 11.5 Å². The molecular formula is C17H18O4. The molecule has 0 radical (unpaired) electrons. The highest BCUT2D eigenvalue weighted by molar-refractivity contribution is 6.02. The van der Waals surface area contributed by atoms with Crippen molar-refractivity contribution < 1.29 is 19.4 Å². The molecule has 0 aliphatic heterocycles. The van der Waals surface area contributed by atoms with Crippen molar-refractivity contribution in [2.45, 2.75) is 12.5 Å². The van der Waals surface area contributed by atoms with Gasteiger partial charge in [0.2, 0.25) is 0 Å². The third kappa shape index (κ3) is 3.06. The van der Waals surface area contributed by atoms with E-state index in [0.717, 1.165) is 0 Å². The molecule has 0 spiro atoms. The Hall–Kier alpha value is -2.33. The van der Waals surface area contributed by atoms with Crippen LogP contribution in [0.1, 0.15) is 22.8 Å². The van der Waals surface area contributed by atoms with Crippen LogP contribution >= 0.6 is 0 Å². The van der Waals surface area contributed by atoms with Gasteiger partial charge >= 0.3 is 0 Å². The molecule has 4 heteroatoms. The van der Waals surface area contributed by atoms with E-state index < -0.39 is 5.60 Å². The zero-order chi connectivity index (χ0) is 15.5. The normalized spacial score (nSPS) is 13.3. The van der Waals surface area contributed by atoms with Crippen molar-refractivity contribution in [2.75, 3.05) is 14.2 Å². The van der Waals surface area contributed by atoms with Crippen molar-refractivity contribution in [2.24, 2.45) is 0 Å². The molecule has 0 aromatic heterocycles. The smallest absolute Gasteiger partial charge is 0.198 e. The molecule has 0 aliphatic rings. The van der Waals surface area contributed by atoms with Gasteiger partial charge in [0.15, 0.2) is 5.78 Å². The minimum absolute atomic E-state index is 0.365. The summed E-state index contributed by atoms with van der Waals surface area (Å²) in [6, 6.07) is 13.4. The zero-order valence-corrected chi connectivity index (χ0v) is 12.3. The number of ether oxygens (including phenoxy) is 2. The first kappa shape index (κ1) is 15.1. The van der Waals surface area contributed by atoms with Crippen LogP contribution in [0.2, 0.25) is 0 Å². The maximum absolute atomic E-state index is 12.5. The highest BCUT2D eigenvalue weighted by Crippen LogP contribution is 2.27. The predicted octanol–water partition coefficient (Wildman–Crippen LogP) is 2.79. The van der Waals surface area contributed by atoms with Crippen molar-refractivity contribution in [1.29, 1.82) is 0 Å². The molecule has 1 N–H and O–H groups in total. The molecule has 1 atom stereocenters. The number of rotatable bonds is 5. The van der Waals surface area contributed by atoms with Crippen LogP contribution in [0.5, 0.6) is 11.5 Å². The topological polar surface area (TPSA) is 55.8 Å². The number of hydrogen-bond acceptors (Lipinski definition) is 4. The number of carbonyl (C=O) groups is 1. The Labute approximate surface area is 123 Å². The second-order valence-corrected chi connectivity index (χ2v) is 4.86. The van der Waals surface area contributed by atoms with E-state index in [-0.39, 0.29) is 5.78 Å². The number of carbonyl (C=O) groups excluding carboxylic acids is 1. The maximum atomic E-state index is 12.5. The molecule has 21 heavy (non-hydrogen) atoms. The van der Waals surface area contributed by atoms with Gasteiger partial charge < -0.3 is 14.6 Å². The van der Waals surface area contributed by atoms with E-state index in [1.165, 1.54) is 6.92 Å². The van der Waals surface area contributed by atoms with E-state index in [9.17, 15) is 9.90 Å². The zero-order valence-electron chi connectivity index (χ0n) is 12.3. The Bertz CT molecular complexity index is 612. The lowest BCUT2D eigenvalue weighted by molar-refractivity contribution is 0.0392. The van der Waals surface area contributed by atoms with Gasteiger partial charge in [-0.3, -0.25) is 4.79 Å². The summed E-state index contributed by atoms with van der Waals surface area (Å²) in [5.41, 5.74) is -0.651. The quantitative estimate of drug-likeness (QED) is 0.859. The van der Waals surface area contributed by atoms with Crippen LogP contribution in [0.15, 0.2) is 48.5 Å². The van der Waals surface area contributed by atoms with Gasteiger partial charge in [0, 0.05) is 5.56 Å². The highest BCUT2D eigenvalue weighted by atomic mass is 16.5. The van der Waals surface area contributed by atoms with Crippen molar-refractivity contribution in [1.82, 2.24) is 0 Å². The molecular weight excluding hydrogens is 268 g/mol. The summed E-state index contributed by atoms with van der Waals surface area (Å²) in [6.07, 6.45) is 0. The lowest BCUT2D eigenvalue weighted by Gasteiger charge is -2.22. The molecule has 1 unspecified atom stereocenters. The summed E-state index contributed by atoms with van der Waals surface area (Å²) in [6.45, 7) is 1.49. The summed E-state index contributed by atoms with van der Waals surface area (Å²) in [4.78, 5) is 12.5. The number of Topliss-reactive ketones (excluding diaryl/α,β-unsaturated/α-hetero) is 1. The van der Waals surface area contributed by atoms with Gasteiger partial charge in [0.1, 0.15) is 17.1 Å². The SMILES string of the molecule is COc1ccc(C(=O)C(C)(O)c2ccc(OC)cc2)cc1. The highest BCUT2D eigenvalue weighted by Gasteiger charge is 2.33. The van der Waals surface area contributed by atoms with E-state index in [1.54, 1.807) is 62.8 Å². The van der Waals surface area contributed by atoms with Gasteiger partial charge in [0.05, 0.1) is 14.2 Å². The van der Waals surface area contributed by atoms with Gasteiger partial charge in [0.25, 0.3) is 0 Å². The summed E-state index contributed by atoms with van der Waals surface area (Å²) < 4.78 is 10.1. The number of aliphatic hydroxyl groups is 1. The van der Waals surface area contributed by atoms with Crippen LogP contribution in [0.3, 0.4) is 0 Å². The third-order valence-electron chi connectivity index (χ3n) is 3.45. The molecule has 110 valence electrons. The molecule has 0 bridgehead atoms. The molecule has 4 nitrogen and oxygen atoms in total. The predicted molar refractivity (Wildman–Crippen MR) is 79.9 cm³/mol. The van der Waals surface area contributed by atoms with E-state index in [1.807, 2.05) is 0 Å². The molecule has 2 aromatic rings. The number of ketones is 1. The standard InChI is InChI=1S/C17H18O4/c1-17(19,13-6-10-15(21-3)11-7-13)16(18)12-4-8-14(20-2)9-5-12/h4-11,19H,1-3H3. The van der Waals surface area contributed by atoms with E-state index in [0.29, 0.717) is 22.6 Å². The average Bonchev–Trinajstić information content (AvgIpc) is 2.54. The molecule has 0 heterocycles. The Morgan fingerprint density at radius 2 is 1.33 bits per heavy atom. The molecule has 0 fully saturated rings. The van der Waals surface area contributed by atoms with Crippen LogP contribution in [0.4, 0.5) is 0 Å². The molecule has 0 saturated heterocycles. The molecule has 0 saturated carbocycles. The first-order valence-electron chi connectivity index (χ1n) is 6.55. The van der Waals surface area contributed by atoms with E-state index >= 15 is 0 Å². The van der Waals surface area contributed by atoms with Gasteiger partial charge in [-0.25, -0.2) is 0 Å². The Morgan fingerprint density at radius 3 is 1.76 bits per heavy atom. The fraction of sp³-hybridized carbons (Fsp3) is 0.235. The van der Waals surface area contributed by atoms with Crippen LogP contribution in [0.25, 0.3) is 0 Å². The number of hydrogen-bond donors (Lipinski definition) is 1. The lowest BCUT2D eigenvalue weighted by Crippen LogP contribution is -2.32. The Kier molecular flexibility index (Phi) is 4.29. The average molecular weight is 286 g/mol. The van der Waals surface area contributed by atoms with Crippen LogP contribution in [-0.4, -0.2) is 25.1 Å². The third-order valence-corrected chi connectivity index (χ3v) is 3.45. The van der Waals surface area contributed by atoms with Crippen molar-refractivity contribution in [3.63, 3.8) is 0 Å². The monoisotopic (exact) mass is 286 g/mol. The molecule has 2 aromatic carbocycles. The summed E-state index contributed by atoms with van der Waals surface area (Å²) in [5.74, 6) is 0.970. The van der Waals surface area contributed by atoms with E-state index in [4.69, 9.17) is 9.47 Å². The van der Waals surface area contributed by atoms with Gasteiger partial charge in [-0.15, -0.1) is 0 Å². The van der Waals surface area contributed by atoms with Gasteiger partial charge in [-0.05, 0) is 48.9 Å². The van der Waals surface area contributed by atoms with E-state index in [2.05, 4.69) is 0 Å². The Balaban J connectivity index is 2.29. The van der Waals surface area contributed by atoms with Crippen LogP contribution in [-0.2, 0) is 5.60 Å². The molecule has 0 aliphatic carbocycles. The second kappa shape index (κ2) is 5.97. The molecule has 2 rings (SSSR count). The fourth-order valence-corrected chi connectivity index (χ4v) is 2.07. The summed E-state index contributed by atoms with van der Waals surface area (Å²) in [7, 11) is 3.13. The van der Waals surface area contributed by atoms with Gasteiger partial charge in [-0.2, -0.15) is 0 Å². The Morgan fingerprint density at radius 1 is 0.905 bits per heavy atom. The first-order chi connectivity index (χ1) is 9.98. The minimum Gasteiger partial charge on any atom is -0.497 e. The summed E-state index contributed by atoms with van der Waals surface area (Å²) >= 11 is 0. The van der Waals surface area contributed by atoms with Crippen molar-refractivity contribution in [3.05, 3.63) is 59.7 Å². The first-order valence-corrected chi connectivity index (χ1v) is 6.55. The van der Waals surface area contributed by atoms with Crippen LogP contribution < -0.4 is 9.47 Å². The van der Waals surface area contributed by atoms with Crippen molar-refractivity contribution >= 4 is 5.78 Å². The largest absolute Gasteiger partial charge is 0.497 e. The summed E-state index contributed by atoms with van der Waals surface area (Å²) in [5, 5.41) is 10.6. The van der Waals surface area contributed by atoms with Crippen LogP contribution in [0, 0.1) is 0 Å². The second-order valence-electron chi connectivity index (χ2n) is 4.86. The minimum atomic E-state index is -1.60. The lowest BCUT2D eigenvalue weighted by atomic mass is 9.87. The fourth-order valence-electron chi connectivity index (χ4n) is 2.07. The number of benzene rings is 2. The number of methoxy groups -OCH3 is 2. The maximum Gasteiger partial charge on any atom is 0.198 e.